The number of carbonyl (C=O) groups excluding carboxylic acids is 2. The fraction of sp³-hybridized carbons (Fsp3) is 0.776. The molecule has 0 heterocycles. The number of rotatable bonds is 66. The number of nitrogens with zero attached hydrogens (tertiary/aromatic N) is 1. The summed E-state index contributed by atoms with van der Waals surface area (Å²) in [6, 6.07) is 0. The van der Waals surface area contributed by atoms with Crippen molar-refractivity contribution in [1.82, 2.24) is 0 Å². The van der Waals surface area contributed by atoms with Gasteiger partial charge in [0.2, 0.25) is 0 Å². The lowest BCUT2D eigenvalue weighted by atomic mass is 10.0. The summed E-state index contributed by atoms with van der Waals surface area (Å²) in [7, 11) is 5.98. The van der Waals surface area contributed by atoms with Crippen LogP contribution in [0.5, 0.6) is 0 Å². The number of allylic oxidation sites excluding steroid dienone is 14. The molecule has 0 saturated heterocycles. The molecule has 492 valence electrons. The van der Waals surface area contributed by atoms with Crippen molar-refractivity contribution in [2.24, 2.45) is 0 Å². The van der Waals surface area contributed by atoms with Gasteiger partial charge in [0.25, 0.3) is 6.29 Å². The Morgan fingerprint density at radius 3 is 1.00 bits per heavy atom. The Hall–Kier alpha value is -3.53. The van der Waals surface area contributed by atoms with Crippen LogP contribution < -0.4 is 0 Å². The van der Waals surface area contributed by atoms with Crippen LogP contribution in [0.15, 0.2) is 85.1 Å². The van der Waals surface area contributed by atoms with Crippen molar-refractivity contribution in [3.63, 3.8) is 0 Å². The molecule has 2 unspecified atom stereocenters. The molecule has 0 spiro atoms. The van der Waals surface area contributed by atoms with Gasteiger partial charge in [-0.15, -0.1) is 0 Å². The maximum absolute atomic E-state index is 12.9. The average molecular weight is 1190 g/mol. The molecule has 0 aliphatic carbocycles. The van der Waals surface area contributed by atoms with Crippen LogP contribution in [0.25, 0.3) is 0 Å². The van der Waals surface area contributed by atoms with Crippen LogP contribution in [-0.4, -0.2) is 87.4 Å². The van der Waals surface area contributed by atoms with Crippen molar-refractivity contribution in [3.8, 4) is 0 Å². The third-order valence-corrected chi connectivity index (χ3v) is 15.7. The lowest BCUT2D eigenvalue weighted by Gasteiger charge is -2.25. The number of aliphatic carboxylic acids is 1. The molecule has 0 aromatic rings. The molecule has 9 heteroatoms. The van der Waals surface area contributed by atoms with Crippen LogP contribution >= 0.6 is 0 Å². The van der Waals surface area contributed by atoms with E-state index >= 15 is 0 Å². The van der Waals surface area contributed by atoms with E-state index in [1.165, 1.54) is 212 Å². The van der Waals surface area contributed by atoms with Gasteiger partial charge in [-0.2, -0.15) is 0 Å². The normalized spacial score (nSPS) is 13.2. The molecular weight excluding hydrogens is 1050 g/mol. The van der Waals surface area contributed by atoms with E-state index in [-0.39, 0.29) is 38.2 Å². The maximum Gasteiger partial charge on any atom is 0.361 e. The first kappa shape index (κ1) is 81.5. The Balaban J connectivity index is 4.04. The minimum Gasteiger partial charge on any atom is -0.477 e. The van der Waals surface area contributed by atoms with E-state index in [0.29, 0.717) is 17.4 Å². The van der Waals surface area contributed by atoms with Gasteiger partial charge in [-0.1, -0.05) is 324 Å². The lowest BCUT2D eigenvalue weighted by Crippen LogP contribution is -2.40. The van der Waals surface area contributed by atoms with E-state index < -0.39 is 18.4 Å². The van der Waals surface area contributed by atoms with Gasteiger partial charge in [0.15, 0.2) is 6.10 Å². The van der Waals surface area contributed by atoms with E-state index in [1.807, 2.05) is 21.1 Å². The van der Waals surface area contributed by atoms with E-state index in [1.54, 1.807) is 0 Å². The second-order valence-electron chi connectivity index (χ2n) is 25.2. The van der Waals surface area contributed by atoms with Gasteiger partial charge < -0.3 is 28.5 Å². The van der Waals surface area contributed by atoms with Crippen molar-refractivity contribution < 1.29 is 42.9 Å². The molecule has 85 heavy (non-hydrogen) atoms. The number of unbranched alkanes of at least 4 members (excludes halogenated alkanes) is 37. The second kappa shape index (κ2) is 66.4. The average Bonchev–Trinajstić information content (AvgIpc) is 3.49. The number of carbonyl (C=O) groups is 3. The second-order valence-corrected chi connectivity index (χ2v) is 25.2. The Morgan fingerprint density at radius 1 is 0.365 bits per heavy atom. The van der Waals surface area contributed by atoms with Gasteiger partial charge in [0, 0.05) is 12.8 Å². The zero-order chi connectivity index (χ0) is 61.9. The van der Waals surface area contributed by atoms with Gasteiger partial charge >= 0.3 is 17.9 Å². The van der Waals surface area contributed by atoms with Crippen LogP contribution in [0.4, 0.5) is 0 Å². The lowest BCUT2D eigenvalue weighted by molar-refractivity contribution is -0.870. The molecule has 0 aliphatic rings. The van der Waals surface area contributed by atoms with E-state index in [2.05, 4.69) is 98.9 Å². The molecule has 0 fully saturated rings. The summed E-state index contributed by atoms with van der Waals surface area (Å²) in [5.41, 5.74) is 0. The van der Waals surface area contributed by atoms with Crippen molar-refractivity contribution >= 4 is 17.9 Å². The molecule has 0 radical (unpaired) electrons. The number of likely N-dealkylation sites (N-methyl/N-ethyl adjacent to an activating group) is 1. The van der Waals surface area contributed by atoms with Crippen LogP contribution in [0.3, 0.4) is 0 Å². The molecule has 0 aromatic heterocycles. The Labute approximate surface area is 525 Å². The number of hydrogen-bond acceptors (Lipinski definition) is 7. The number of carboxylic acids is 1. The van der Waals surface area contributed by atoms with Gasteiger partial charge in [0.05, 0.1) is 34.4 Å². The van der Waals surface area contributed by atoms with Crippen LogP contribution in [0.2, 0.25) is 0 Å². The maximum atomic E-state index is 12.9. The monoisotopic (exact) mass is 1190 g/mol. The SMILES string of the molecule is CC/C=C\C/C=C\C/C=C\C/C=C\C/C=C\C/C=C\C/C=C\CCCCCCCCCCCCCCCCCCCC(=O)OC(COC(=O)CCCCCCCCCCCCCCCCCCCCCCC)COC(OCC[N+](C)(C)C)C(=O)O. The zero-order valence-corrected chi connectivity index (χ0v) is 56.3. The van der Waals surface area contributed by atoms with E-state index in [9.17, 15) is 19.5 Å². The predicted octanol–water partition coefficient (Wildman–Crippen LogP) is 22.2. The third kappa shape index (κ3) is 67.8. The smallest absolute Gasteiger partial charge is 0.361 e. The summed E-state index contributed by atoms with van der Waals surface area (Å²) in [6.45, 7) is 4.81. The van der Waals surface area contributed by atoms with Crippen molar-refractivity contribution in [3.05, 3.63) is 85.1 Å². The summed E-state index contributed by atoms with van der Waals surface area (Å²) >= 11 is 0. The van der Waals surface area contributed by atoms with Crippen molar-refractivity contribution in [2.75, 3.05) is 47.5 Å². The summed E-state index contributed by atoms with van der Waals surface area (Å²) in [5.74, 6) is -1.98. The highest BCUT2D eigenvalue weighted by molar-refractivity contribution is 5.71. The molecule has 1 N–H and O–H groups in total. The number of ether oxygens (including phenoxy) is 4. The summed E-state index contributed by atoms with van der Waals surface area (Å²) in [5, 5.41) is 9.74. The zero-order valence-electron chi connectivity index (χ0n) is 56.3. The third-order valence-electron chi connectivity index (χ3n) is 15.7. The Kier molecular flexibility index (Phi) is 63.7. The fourth-order valence-corrected chi connectivity index (χ4v) is 10.2. The first-order chi connectivity index (χ1) is 41.6. The molecule has 9 nitrogen and oxygen atoms in total. The minimum absolute atomic E-state index is 0.179. The molecule has 0 rings (SSSR count). The Bertz CT molecular complexity index is 1670. The standard InChI is InChI=1S/C76H135NO8/c1-6-8-10-12-14-16-18-20-22-24-26-28-29-30-31-32-33-34-35-36-37-38-39-40-41-42-43-44-45-47-49-51-53-55-57-59-61-63-65-67-74(79)85-72(71-84-76(75(80)81)82-69-68-77(3,4)5)70-83-73(78)66-64-62-60-58-56-54-52-50-48-46-27-25-23-21-19-17-15-13-11-9-7-2/h8,10,14,16,20,22,26,28,30-31,33-34,36-37,72,76H,6-7,9,11-13,15,17-19,21,23-25,27,29,32,35,38-71H2,1-5H3/p+1/b10-8-,16-14-,22-20-,28-26-,31-30-,34-33-,37-36-. The van der Waals surface area contributed by atoms with Crippen LogP contribution in [0, 0.1) is 0 Å². The molecular formula is C76H136NO8+. The quantitative estimate of drug-likeness (QED) is 0.0211. The van der Waals surface area contributed by atoms with Crippen LogP contribution in [0.1, 0.15) is 322 Å². The van der Waals surface area contributed by atoms with Gasteiger partial charge in [-0.05, 0) is 70.6 Å². The first-order valence-corrected chi connectivity index (χ1v) is 35.8. The fourth-order valence-electron chi connectivity index (χ4n) is 10.2. The highest BCUT2D eigenvalue weighted by atomic mass is 16.7. The first-order valence-electron chi connectivity index (χ1n) is 35.8. The molecule has 0 amide bonds. The van der Waals surface area contributed by atoms with Crippen molar-refractivity contribution in [2.45, 2.75) is 334 Å². The topological polar surface area (TPSA) is 108 Å². The molecule has 0 saturated carbocycles. The highest BCUT2D eigenvalue weighted by Crippen LogP contribution is 2.18. The van der Waals surface area contributed by atoms with Gasteiger partial charge in [0.1, 0.15) is 13.2 Å². The van der Waals surface area contributed by atoms with Gasteiger partial charge in [-0.3, -0.25) is 9.59 Å². The number of hydrogen-bond donors (Lipinski definition) is 1. The molecule has 0 aromatic carbocycles. The number of esters is 2. The molecule has 0 bridgehead atoms. The van der Waals surface area contributed by atoms with Crippen LogP contribution in [-0.2, 0) is 33.3 Å². The van der Waals surface area contributed by atoms with Gasteiger partial charge in [-0.25, -0.2) is 4.79 Å². The number of carboxylic acid groups (broad SMARTS) is 1. The molecule has 2 atom stereocenters. The van der Waals surface area contributed by atoms with E-state index in [4.69, 9.17) is 18.9 Å². The molecule has 0 aliphatic heterocycles. The van der Waals surface area contributed by atoms with Crippen molar-refractivity contribution in [1.29, 1.82) is 0 Å². The highest BCUT2D eigenvalue weighted by Gasteiger charge is 2.25. The predicted molar refractivity (Wildman–Crippen MR) is 364 cm³/mol. The largest absolute Gasteiger partial charge is 0.477 e. The summed E-state index contributed by atoms with van der Waals surface area (Å²) in [6.07, 6.45) is 87.0. The Morgan fingerprint density at radius 2 is 0.671 bits per heavy atom. The minimum atomic E-state index is -1.51. The number of quaternary nitrogens is 1. The summed E-state index contributed by atoms with van der Waals surface area (Å²) in [4.78, 5) is 37.6. The summed E-state index contributed by atoms with van der Waals surface area (Å²) < 4.78 is 23.0. The van der Waals surface area contributed by atoms with E-state index in [0.717, 1.165) is 83.5 Å².